The maximum absolute atomic E-state index is 14.3. The SMILES string of the molecule is O=S(=O)(OP(c1ccccc1)(c1ccccc1)(c1ccccc1)c1ccccc1)c1cc(O)ccc1O. The molecule has 0 amide bonds. The van der Waals surface area contributed by atoms with Crippen LogP contribution in [0, 0.1) is 0 Å². The van der Waals surface area contributed by atoms with Crippen molar-refractivity contribution >= 4 is 38.2 Å². The van der Waals surface area contributed by atoms with E-state index in [9.17, 15) is 18.6 Å². The predicted molar refractivity (Wildman–Crippen MR) is 149 cm³/mol. The maximum atomic E-state index is 14.3. The summed E-state index contributed by atoms with van der Waals surface area (Å²) in [5, 5.41) is 23.4. The molecule has 7 heteroatoms. The minimum atomic E-state index is -4.67. The number of benzene rings is 5. The van der Waals surface area contributed by atoms with Gasteiger partial charge in [-0.3, -0.25) is 0 Å². The van der Waals surface area contributed by atoms with Crippen LogP contribution in [0.2, 0.25) is 0 Å². The Hall–Kier alpha value is -3.96. The van der Waals surface area contributed by atoms with Crippen LogP contribution in [0.5, 0.6) is 11.5 Å². The van der Waals surface area contributed by atoms with Crippen molar-refractivity contribution in [2.24, 2.45) is 0 Å². The second kappa shape index (κ2) is 9.49. The van der Waals surface area contributed by atoms with Crippen molar-refractivity contribution in [2.75, 3.05) is 0 Å². The molecule has 0 aliphatic carbocycles. The Morgan fingerprint density at radius 3 is 1.22 bits per heavy atom. The van der Waals surface area contributed by atoms with Crippen LogP contribution in [0.15, 0.2) is 144 Å². The molecular formula is C30H25O5PS. The van der Waals surface area contributed by atoms with Crippen LogP contribution in [0.3, 0.4) is 0 Å². The van der Waals surface area contributed by atoms with Gasteiger partial charge in [-0.25, -0.2) is 0 Å². The molecule has 0 radical (unpaired) electrons. The van der Waals surface area contributed by atoms with Gasteiger partial charge in [0, 0.05) is 0 Å². The van der Waals surface area contributed by atoms with Gasteiger partial charge in [-0.05, 0) is 0 Å². The first-order valence-electron chi connectivity index (χ1n) is 11.6. The molecule has 0 bridgehead atoms. The molecule has 5 rings (SSSR count). The quantitative estimate of drug-likeness (QED) is 0.239. The Kier molecular flexibility index (Phi) is 6.34. The van der Waals surface area contributed by atoms with Crippen LogP contribution >= 0.6 is 6.83 Å². The summed E-state index contributed by atoms with van der Waals surface area (Å²) >= 11 is 0. The summed E-state index contributed by atoms with van der Waals surface area (Å²) in [5.74, 6) is -0.823. The van der Waals surface area contributed by atoms with Crippen molar-refractivity contribution in [3.63, 3.8) is 0 Å². The summed E-state index contributed by atoms with van der Waals surface area (Å²) < 4.78 is 35.2. The fourth-order valence-corrected chi connectivity index (χ4v) is 13.5. The van der Waals surface area contributed by atoms with Gasteiger partial charge in [-0.1, -0.05) is 0 Å². The molecule has 0 aliphatic rings. The molecule has 0 unspecified atom stereocenters. The molecule has 0 spiro atoms. The Morgan fingerprint density at radius 1 is 0.514 bits per heavy atom. The summed E-state index contributed by atoms with van der Waals surface area (Å²) in [5.41, 5.74) is 0. The molecule has 37 heavy (non-hydrogen) atoms. The number of phenols is 2. The first kappa shape index (κ1) is 24.7. The Labute approximate surface area is 216 Å². The number of hydrogen-bond donors (Lipinski definition) is 2. The zero-order valence-electron chi connectivity index (χ0n) is 19.8. The van der Waals surface area contributed by atoms with E-state index in [1.807, 2.05) is 121 Å². The Bertz CT molecular complexity index is 1460. The number of phenolic OH excluding ortho intramolecular Hbond substituents is 2. The van der Waals surface area contributed by atoms with E-state index in [2.05, 4.69) is 0 Å². The third-order valence-electron chi connectivity index (χ3n) is 6.46. The summed E-state index contributed by atoms with van der Waals surface area (Å²) in [6.07, 6.45) is 0. The van der Waals surface area contributed by atoms with Gasteiger partial charge < -0.3 is 0 Å². The molecule has 186 valence electrons. The van der Waals surface area contributed by atoms with Crippen molar-refractivity contribution < 1.29 is 22.6 Å². The fraction of sp³-hybridized carbons (Fsp3) is 0. The average Bonchev–Trinajstić information content (AvgIpc) is 2.95. The van der Waals surface area contributed by atoms with Crippen molar-refractivity contribution in [3.8, 4) is 11.5 Å². The van der Waals surface area contributed by atoms with E-state index in [1.165, 1.54) is 6.07 Å². The molecule has 0 aromatic heterocycles. The van der Waals surface area contributed by atoms with Gasteiger partial charge >= 0.3 is 217 Å². The topological polar surface area (TPSA) is 83.8 Å². The third kappa shape index (κ3) is 3.91. The van der Waals surface area contributed by atoms with E-state index >= 15 is 0 Å². The van der Waals surface area contributed by atoms with Gasteiger partial charge in [0.2, 0.25) is 0 Å². The van der Waals surface area contributed by atoms with Crippen LogP contribution in [-0.4, -0.2) is 18.6 Å². The first-order chi connectivity index (χ1) is 17.9. The van der Waals surface area contributed by atoms with Crippen molar-refractivity contribution in [1.82, 2.24) is 0 Å². The van der Waals surface area contributed by atoms with Crippen LogP contribution in [0.25, 0.3) is 0 Å². The summed E-state index contributed by atoms with van der Waals surface area (Å²) in [6.45, 7) is -4.53. The molecule has 5 nitrogen and oxygen atoms in total. The van der Waals surface area contributed by atoms with Crippen LogP contribution in [0.1, 0.15) is 0 Å². The normalized spacial score (nSPS) is 12.9. The second-order valence-corrected chi connectivity index (χ2v) is 14.6. The molecule has 5 aromatic carbocycles. The van der Waals surface area contributed by atoms with Gasteiger partial charge in [-0.15, -0.1) is 0 Å². The van der Waals surface area contributed by atoms with E-state index in [1.54, 1.807) is 0 Å². The predicted octanol–water partition coefficient (Wildman–Crippen LogP) is 4.57. The molecule has 5 aromatic rings. The number of hydrogen-bond acceptors (Lipinski definition) is 5. The monoisotopic (exact) mass is 528 g/mol. The first-order valence-corrected chi connectivity index (χ1v) is 15.2. The molecule has 0 atom stereocenters. The second-order valence-electron chi connectivity index (χ2n) is 8.56. The van der Waals surface area contributed by atoms with E-state index in [0.29, 0.717) is 21.2 Å². The third-order valence-corrected chi connectivity index (χ3v) is 14.4. The minimum absolute atomic E-state index is 0.306. The molecule has 0 saturated carbocycles. The molecular weight excluding hydrogens is 503 g/mol. The van der Waals surface area contributed by atoms with Crippen LogP contribution < -0.4 is 21.2 Å². The van der Waals surface area contributed by atoms with Crippen LogP contribution in [-0.2, 0) is 14.1 Å². The van der Waals surface area contributed by atoms with Crippen molar-refractivity contribution in [3.05, 3.63) is 140 Å². The van der Waals surface area contributed by atoms with Gasteiger partial charge in [0.1, 0.15) is 0 Å². The molecule has 2 N–H and O–H groups in total. The summed E-state index contributed by atoms with van der Waals surface area (Å²) in [4.78, 5) is -0.514. The summed E-state index contributed by atoms with van der Waals surface area (Å²) in [6, 6.07) is 40.7. The fourth-order valence-electron chi connectivity index (χ4n) is 4.86. The molecule has 0 aliphatic heterocycles. The Balaban J connectivity index is 2.03. The van der Waals surface area contributed by atoms with Gasteiger partial charge in [0.05, 0.1) is 0 Å². The Morgan fingerprint density at radius 2 is 0.865 bits per heavy atom. The van der Waals surface area contributed by atoms with E-state index in [0.717, 1.165) is 12.1 Å². The standard InChI is InChI=1S/C30H25O5PS/c31-24-21-22-29(32)30(23-24)37(33,34)35-36(25-13-5-1-6-14-25,26-15-7-2-8-16-26,27-17-9-3-10-18-27)28-19-11-4-12-20-28/h1-23,31-32H. The van der Waals surface area contributed by atoms with Gasteiger partial charge in [0.15, 0.2) is 0 Å². The van der Waals surface area contributed by atoms with Crippen molar-refractivity contribution in [1.29, 1.82) is 0 Å². The summed E-state index contributed by atoms with van der Waals surface area (Å²) in [7, 11) is -4.67. The van der Waals surface area contributed by atoms with E-state index < -0.39 is 27.6 Å². The van der Waals surface area contributed by atoms with Crippen LogP contribution in [0.4, 0.5) is 0 Å². The number of aromatic hydroxyl groups is 2. The van der Waals surface area contributed by atoms with Gasteiger partial charge in [-0.2, -0.15) is 0 Å². The zero-order valence-corrected chi connectivity index (χ0v) is 21.5. The van der Waals surface area contributed by atoms with E-state index in [-0.39, 0.29) is 5.75 Å². The molecule has 0 fully saturated rings. The van der Waals surface area contributed by atoms with E-state index in [4.69, 9.17) is 3.97 Å². The number of rotatable bonds is 7. The average molecular weight is 529 g/mol. The molecule has 0 saturated heterocycles. The zero-order chi connectivity index (χ0) is 26.0. The molecule has 0 heterocycles. The van der Waals surface area contributed by atoms with Crippen molar-refractivity contribution in [2.45, 2.75) is 4.90 Å². The van der Waals surface area contributed by atoms with Gasteiger partial charge in [0.25, 0.3) is 0 Å².